The van der Waals surface area contributed by atoms with Gasteiger partial charge in [0.1, 0.15) is 0 Å². The smallest absolute Gasteiger partial charge is 0.389 e. The Morgan fingerprint density at radius 2 is 1.82 bits per heavy atom. The number of halogens is 3. The van der Waals surface area contributed by atoms with Crippen LogP contribution in [0.15, 0.2) is 0 Å². The van der Waals surface area contributed by atoms with Crippen LogP contribution < -0.4 is 10.5 Å². The van der Waals surface area contributed by atoms with E-state index >= 15 is 0 Å². The van der Waals surface area contributed by atoms with Crippen LogP contribution in [0.5, 0.6) is 0 Å². The van der Waals surface area contributed by atoms with Gasteiger partial charge < -0.3 is 5.73 Å². The summed E-state index contributed by atoms with van der Waals surface area (Å²) in [5.74, 6) is -0.613. The van der Waals surface area contributed by atoms with Crippen molar-refractivity contribution in [1.29, 1.82) is 0 Å². The van der Waals surface area contributed by atoms with Crippen LogP contribution in [0.25, 0.3) is 0 Å². The van der Waals surface area contributed by atoms with Crippen molar-refractivity contribution in [3.05, 3.63) is 0 Å². The van der Waals surface area contributed by atoms with Crippen molar-refractivity contribution in [1.82, 2.24) is 4.72 Å². The van der Waals surface area contributed by atoms with Gasteiger partial charge >= 0.3 is 6.18 Å². The molecule has 0 rings (SSSR count). The Labute approximate surface area is 104 Å². The fourth-order valence-corrected chi connectivity index (χ4v) is 2.58. The lowest BCUT2D eigenvalue weighted by Crippen LogP contribution is -2.52. The van der Waals surface area contributed by atoms with E-state index in [1.165, 1.54) is 13.8 Å². The summed E-state index contributed by atoms with van der Waals surface area (Å²) in [6, 6.07) is 0. The highest BCUT2D eigenvalue weighted by Crippen LogP contribution is 2.21. The minimum Gasteiger partial charge on any atom is -0.392 e. The quantitative estimate of drug-likeness (QED) is 0.724. The molecule has 9 heteroatoms. The number of nitrogens with two attached hydrogens (primary N) is 1. The van der Waals surface area contributed by atoms with Gasteiger partial charge in [-0.25, -0.2) is 13.1 Å². The molecular weight excluding hydrogens is 277 g/mol. The van der Waals surface area contributed by atoms with Crippen LogP contribution in [-0.4, -0.2) is 30.9 Å². The van der Waals surface area contributed by atoms with E-state index in [-0.39, 0.29) is 4.99 Å². The van der Waals surface area contributed by atoms with E-state index in [0.717, 1.165) is 0 Å². The Morgan fingerprint density at radius 1 is 1.35 bits per heavy atom. The summed E-state index contributed by atoms with van der Waals surface area (Å²) in [4.78, 5) is -0.0723. The lowest BCUT2D eigenvalue weighted by Gasteiger charge is -2.24. The van der Waals surface area contributed by atoms with Crippen LogP contribution in [0, 0.1) is 0 Å². The predicted octanol–water partition coefficient (Wildman–Crippen LogP) is 1.31. The Bertz CT molecular complexity index is 377. The number of rotatable bonds is 6. The standard InChI is InChI=1S/C8H15F3N2O2S2/c1-7(2,6(12)16)13-17(14,15)5-3-4-8(9,10)11/h13H,3-5H2,1-2H3,(H2,12,16). The third-order valence-corrected chi connectivity index (χ3v) is 4.06. The molecule has 0 fully saturated rings. The van der Waals surface area contributed by atoms with E-state index in [1.807, 2.05) is 0 Å². The molecule has 0 heterocycles. The summed E-state index contributed by atoms with van der Waals surface area (Å²) in [6.45, 7) is 2.88. The zero-order chi connectivity index (χ0) is 13.9. The molecule has 0 aromatic heterocycles. The van der Waals surface area contributed by atoms with Crippen LogP contribution >= 0.6 is 12.2 Å². The van der Waals surface area contributed by atoms with Gasteiger partial charge in [-0.05, 0) is 20.3 Å². The maximum Gasteiger partial charge on any atom is 0.389 e. The number of nitrogens with one attached hydrogen (secondary N) is 1. The molecule has 17 heavy (non-hydrogen) atoms. The molecule has 0 unspecified atom stereocenters. The van der Waals surface area contributed by atoms with Crippen molar-refractivity contribution in [2.75, 3.05) is 5.75 Å². The maximum absolute atomic E-state index is 11.8. The first-order valence-corrected chi connectivity index (χ1v) is 6.80. The second kappa shape index (κ2) is 5.49. The van der Waals surface area contributed by atoms with Crippen molar-refractivity contribution in [2.45, 2.75) is 38.4 Å². The summed E-state index contributed by atoms with van der Waals surface area (Å²) in [7, 11) is -3.82. The van der Waals surface area contributed by atoms with Crippen LogP contribution in [0.3, 0.4) is 0 Å². The fraction of sp³-hybridized carbons (Fsp3) is 0.875. The van der Waals surface area contributed by atoms with Crippen molar-refractivity contribution >= 4 is 27.2 Å². The Kier molecular flexibility index (Phi) is 5.36. The number of hydrogen-bond acceptors (Lipinski definition) is 3. The van der Waals surface area contributed by atoms with Gasteiger partial charge in [-0.2, -0.15) is 13.2 Å². The molecular formula is C8H15F3N2O2S2. The van der Waals surface area contributed by atoms with Crippen molar-refractivity contribution in [3.63, 3.8) is 0 Å². The van der Waals surface area contributed by atoms with Crippen LogP contribution in [0.4, 0.5) is 13.2 Å². The molecule has 3 N–H and O–H groups in total. The lowest BCUT2D eigenvalue weighted by molar-refractivity contribution is -0.134. The van der Waals surface area contributed by atoms with Gasteiger partial charge in [-0.15, -0.1) is 0 Å². The normalized spacial score (nSPS) is 13.7. The van der Waals surface area contributed by atoms with Crippen molar-refractivity contribution < 1.29 is 21.6 Å². The molecule has 0 radical (unpaired) electrons. The molecule has 0 atom stereocenters. The zero-order valence-electron chi connectivity index (χ0n) is 9.47. The minimum atomic E-state index is -4.35. The van der Waals surface area contributed by atoms with Crippen molar-refractivity contribution in [2.24, 2.45) is 5.73 Å². The minimum absolute atomic E-state index is 0.0723. The van der Waals surface area contributed by atoms with Crippen LogP contribution in [0.2, 0.25) is 0 Å². The van der Waals surface area contributed by atoms with Crippen LogP contribution in [-0.2, 0) is 10.0 Å². The van der Waals surface area contributed by atoms with Gasteiger partial charge in [-0.1, -0.05) is 12.2 Å². The van der Waals surface area contributed by atoms with Gasteiger partial charge in [0.15, 0.2) is 0 Å². The molecule has 0 saturated heterocycles. The summed E-state index contributed by atoms with van der Waals surface area (Å²) in [5.41, 5.74) is 4.15. The van der Waals surface area contributed by atoms with Crippen molar-refractivity contribution in [3.8, 4) is 0 Å². The first-order valence-electron chi connectivity index (χ1n) is 4.74. The SMILES string of the molecule is CC(C)(NS(=O)(=O)CCCC(F)(F)F)C(N)=S. The zero-order valence-corrected chi connectivity index (χ0v) is 11.1. The van der Waals surface area contributed by atoms with Gasteiger partial charge in [0.2, 0.25) is 10.0 Å². The van der Waals surface area contributed by atoms with E-state index < -0.39 is 40.3 Å². The highest BCUT2D eigenvalue weighted by Gasteiger charge is 2.30. The largest absolute Gasteiger partial charge is 0.392 e. The van der Waals surface area contributed by atoms with Gasteiger partial charge in [0, 0.05) is 6.42 Å². The molecule has 0 aliphatic carbocycles. The Morgan fingerprint density at radius 3 is 2.18 bits per heavy atom. The predicted molar refractivity (Wildman–Crippen MR) is 63.1 cm³/mol. The number of thiocarbonyl (C=S) groups is 1. The van der Waals surface area contributed by atoms with E-state index in [1.54, 1.807) is 0 Å². The maximum atomic E-state index is 11.8. The van der Waals surface area contributed by atoms with E-state index in [2.05, 4.69) is 16.9 Å². The molecule has 0 amide bonds. The number of alkyl halides is 3. The molecule has 0 aromatic carbocycles. The molecule has 0 aliphatic heterocycles. The monoisotopic (exact) mass is 292 g/mol. The number of sulfonamides is 1. The molecule has 0 aromatic rings. The Hall–Kier alpha value is -0.410. The second-order valence-electron chi connectivity index (χ2n) is 4.13. The Balaban J connectivity index is 4.37. The molecule has 0 saturated carbocycles. The van der Waals surface area contributed by atoms with E-state index in [0.29, 0.717) is 0 Å². The molecule has 0 aliphatic rings. The topological polar surface area (TPSA) is 72.2 Å². The summed E-state index contributed by atoms with van der Waals surface area (Å²) < 4.78 is 60.6. The fourth-order valence-electron chi connectivity index (χ4n) is 0.953. The van der Waals surface area contributed by atoms with Gasteiger partial charge in [0.05, 0.1) is 16.3 Å². The van der Waals surface area contributed by atoms with Gasteiger partial charge in [0.25, 0.3) is 0 Å². The third-order valence-electron chi connectivity index (χ3n) is 1.90. The highest BCUT2D eigenvalue weighted by molar-refractivity contribution is 7.89. The molecule has 0 bridgehead atoms. The summed E-state index contributed by atoms with van der Waals surface area (Å²) >= 11 is 4.64. The third kappa shape index (κ3) is 7.50. The molecule has 102 valence electrons. The molecule has 4 nitrogen and oxygen atoms in total. The highest BCUT2D eigenvalue weighted by atomic mass is 32.2. The first-order chi connectivity index (χ1) is 7.36. The average molecular weight is 292 g/mol. The number of hydrogen-bond donors (Lipinski definition) is 2. The van der Waals surface area contributed by atoms with E-state index in [4.69, 9.17) is 5.73 Å². The summed E-state index contributed by atoms with van der Waals surface area (Å²) in [6.07, 6.45) is -5.98. The first kappa shape index (κ1) is 16.6. The van der Waals surface area contributed by atoms with Crippen LogP contribution in [0.1, 0.15) is 26.7 Å². The average Bonchev–Trinajstić information content (AvgIpc) is 1.97. The van der Waals surface area contributed by atoms with Gasteiger partial charge in [-0.3, -0.25) is 0 Å². The van der Waals surface area contributed by atoms with E-state index in [9.17, 15) is 21.6 Å². The second-order valence-corrected chi connectivity index (χ2v) is 6.41. The molecule has 0 spiro atoms. The lowest BCUT2D eigenvalue weighted by atomic mass is 10.1. The summed E-state index contributed by atoms with van der Waals surface area (Å²) in [5, 5.41) is 0.